The van der Waals surface area contributed by atoms with Crippen LogP contribution in [-0.2, 0) is 6.18 Å². The zero-order chi connectivity index (χ0) is 14.0. The lowest BCUT2D eigenvalue weighted by atomic mass is 9.99. The van der Waals surface area contributed by atoms with E-state index in [1.54, 1.807) is 4.90 Å². The van der Waals surface area contributed by atoms with Gasteiger partial charge in [-0.1, -0.05) is 6.92 Å². The third-order valence-corrected chi connectivity index (χ3v) is 3.37. The first-order valence-corrected chi connectivity index (χ1v) is 6.15. The quantitative estimate of drug-likeness (QED) is 0.786. The van der Waals surface area contributed by atoms with Gasteiger partial charge < -0.3 is 4.90 Å². The van der Waals surface area contributed by atoms with E-state index in [9.17, 15) is 13.2 Å². The lowest BCUT2D eigenvalue weighted by Gasteiger charge is -2.32. The first-order chi connectivity index (χ1) is 8.91. The molecule has 19 heavy (non-hydrogen) atoms. The molecular formula is C13H14F3N3. The predicted octanol–water partition coefficient (Wildman–Crippen LogP) is 3.21. The molecule has 0 aromatic carbocycles. The molecule has 0 amide bonds. The highest BCUT2D eigenvalue weighted by Gasteiger charge is 2.34. The van der Waals surface area contributed by atoms with Crippen LogP contribution in [0, 0.1) is 17.2 Å². The molecule has 1 fully saturated rings. The number of anilines is 1. The van der Waals surface area contributed by atoms with Gasteiger partial charge in [0.2, 0.25) is 0 Å². The van der Waals surface area contributed by atoms with Crippen molar-refractivity contribution in [2.45, 2.75) is 25.9 Å². The van der Waals surface area contributed by atoms with Crippen molar-refractivity contribution in [2.24, 2.45) is 5.92 Å². The summed E-state index contributed by atoms with van der Waals surface area (Å²) in [6.45, 7) is 3.40. The van der Waals surface area contributed by atoms with Crippen LogP contribution >= 0.6 is 0 Å². The van der Waals surface area contributed by atoms with Crippen LogP contribution in [0.4, 0.5) is 19.0 Å². The lowest BCUT2D eigenvalue weighted by molar-refractivity contribution is -0.141. The van der Waals surface area contributed by atoms with Crippen molar-refractivity contribution in [3.63, 3.8) is 0 Å². The maximum absolute atomic E-state index is 12.7. The fourth-order valence-corrected chi connectivity index (χ4v) is 2.15. The molecule has 0 N–H and O–H groups in total. The highest BCUT2D eigenvalue weighted by Crippen LogP contribution is 2.31. The second-order valence-corrected chi connectivity index (χ2v) is 4.85. The van der Waals surface area contributed by atoms with Crippen LogP contribution in [0.25, 0.3) is 0 Å². The van der Waals surface area contributed by atoms with Crippen LogP contribution in [0.15, 0.2) is 12.1 Å². The minimum Gasteiger partial charge on any atom is -0.355 e. The number of aromatic nitrogens is 1. The third kappa shape index (κ3) is 2.98. The van der Waals surface area contributed by atoms with Gasteiger partial charge in [0.05, 0.1) is 5.56 Å². The summed E-state index contributed by atoms with van der Waals surface area (Å²) in [6, 6.07) is 3.96. The number of hydrogen-bond acceptors (Lipinski definition) is 3. The zero-order valence-corrected chi connectivity index (χ0v) is 10.5. The van der Waals surface area contributed by atoms with Crippen LogP contribution in [0.3, 0.4) is 0 Å². The van der Waals surface area contributed by atoms with E-state index in [0.717, 1.165) is 18.9 Å². The van der Waals surface area contributed by atoms with Crippen molar-refractivity contribution in [3.8, 4) is 6.07 Å². The molecule has 1 saturated heterocycles. The van der Waals surface area contributed by atoms with E-state index in [-0.39, 0.29) is 11.4 Å². The normalized spacial score (nSPS) is 17.3. The Labute approximate surface area is 109 Å². The molecule has 2 heterocycles. The molecule has 1 aliphatic rings. The topological polar surface area (TPSA) is 39.9 Å². The SMILES string of the molecule is CC1CCN(c2nc(C(F)(F)F)ccc2C#N)CC1. The van der Waals surface area contributed by atoms with Crippen molar-refractivity contribution in [1.29, 1.82) is 5.26 Å². The Kier molecular flexibility index (Phi) is 3.65. The molecule has 0 saturated carbocycles. The van der Waals surface area contributed by atoms with Gasteiger partial charge in [-0.15, -0.1) is 0 Å². The van der Waals surface area contributed by atoms with Gasteiger partial charge in [0.15, 0.2) is 0 Å². The number of piperidine rings is 1. The van der Waals surface area contributed by atoms with E-state index in [0.29, 0.717) is 19.0 Å². The van der Waals surface area contributed by atoms with Gasteiger partial charge in [0.1, 0.15) is 17.6 Å². The third-order valence-electron chi connectivity index (χ3n) is 3.37. The highest BCUT2D eigenvalue weighted by atomic mass is 19.4. The van der Waals surface area contributed by atoms with Gasteiger partial charge in [-0.2, -0.15) is 18.4 Å². The summed E-state index contributed by atoms with van der Waals surface area (Å²) in [5.74, 6) is 0.719. The molecular weight excluding hydrogens is 255 g/mol. The maximum atomic E-state index is 12.7. The number of hydrogen-bond donors (Lipinski definition) is 0. The van der Waals surface area contributed by atoms with Gasteiger partial charge in [-0.05, 0) is 30.9 Å². The molecule has 0 radical (unpaired) electrons. The fraction of sp³-hybridized carbons (Fsp3) is 0.538. The monoisotopic (exact) mass is 269 g/mol. The van der Waals surface area contributed by atoms with Crippen LogP contribution in [-0.4, -0.2) is 18.1 Å². The first-order valence-electron chi connectivity index (χ1n) is 6.15. The van der Waals surface area contributed by atoms with Crippen LogP contribution in [0.5, 0.6) is 0 Å². The van der Waals surface area contributed by atoms with E-state index in [4.69, 9.17) is 5.26 Å². The molecule has 1 aromatic heterocycles. The van der Waals surface area contributed by atoms with Gasteiger partial charge in [0, 0.05) is 13.1 Å². The molecule has 102 valence electrons. The molecule has 0 atom stereocenters. The number of alkyl halides is 3. The highest BCUT2D eigenvalue weighted by molar-refractivity contribution is 5.54. The van der Waals surface area contributed by atoms with Crippen molar-refractivity contribution in [1.82, 2.24) is 4.98 Å². The summed E-state index contributed by atoms with van der Waals surface area (Å²) in [6.07, 6.45) is -2.67. The summed E-state index contributed by atoms with van der Waals surface area (Å²) in [5.41, 5.74) is -0.748. The van der Waals surface area contributed by atoms with Crippen LogP contribution in [0.2, 0.25) is 0 Å². The Balaban J connectivity index is 2.35. The lowest BCUT2D eigenvalue weighted by Crippen LogP contribution is -2.34. The van der Waals surface area contributed by atoms with Gasteiger partial charge in [0.25, 0.3) is 0 Å². The minimum atomic E-state index is -4.48. The Hall–Kier alpha value is -1.77. The number of rotatable bonds is 1. The molecule has 0 unspecified atom stereocenters. The smallest absolute Gasteiger partial charge is 0.355 e. The van der Waals surface area contributed by atoms with E-state index in [1.807, 2.05) is 6.07 Å². The summed E-state index contributed by atoms with van der Waals surface area (Å²) in [4.78, 5) is 5.41. The summed E-state index contributed by atoms with van der Waals surface area (Å²) in [7, 11) is 0. The van der Waals surface area contributed by atoms with Gasteiger partial charge in [-0.25, -0.2) is 4.98 Å². The summed E-state index contributed by atoms with van der Waals surface area (Å²) in [5, 5.41) is 9.00. The van der Waals surface area contributed by atoms with Gasteiger partial charge >= 0.3 is 6.18 Å². The number of halogens is 3. The predicted molar refractivity (Wildman–Crippen MR) is 64.6 cm³/mol. The Morgan fingerprint density at radius 3 is 2.47 bits per heavy atom. The second-order valence-electron chi connectivity index (χ2n) is 4.85. The number of pyridine rings is 1. The molecule has 0 bridgehead atoms. The van der Waals surface area contributed by atoms with Gasteiger partial charge in [-0.3, -0.25) is 0 Å². The van der Waals surface area contributed by atoms with Crippen molar-refractivity contribution >= 4 is 5.82 Å². The Bertz CT molecular complexity index is 497. The number of nitriles is 1. The zero-order valence-electron chi connectivity index (χ0n) is 10.5. The van der Waals surface area contributed by atoms with E-state index >= 15 is 0 Å². The largest absolute Gasteiger partial charge is 0.433 e. The first kappa shape index (κ1) is 13.7. The van der Waals surface area contributed by atoms with E-state index < -0.39 is 11.9 Å². The average Bonchev–Trinajstić information content (AvgIpc) is 2.38. The molecule has 6 heteroatoms. The standard InChI is InChI=1S/C13H14F3N3/c1-9-4-6-19(7-5-9)12-10(8-17)2-3-11(18-12)13(14,15)16/h2-3,9H,4-7H2,1H3. The minimum absolute atomic E-state index is 0.157. The Morgan fingerprint density at radius 1 is 1.32 bits per heavy atom. The number of nitrogens with zero attached hydrogens (tertiary/aromatic N) is 3. The molecule has 3 nitrogen and oxygen atoms in total. The van der Waals surface area contributed by atoms with Crippen molar-refractivity contribution < 1.29 is 13.2 Å². The van der Waals surface area contributed by atoms with Crippen molar-refractivity contribution in [2.75, 3.05) is 18.0 Å². The molecule has 0 aliphatic carbocycles. The second kappa shape index (κ2) is 5.08. The molecule has 1 aliphatic heterocycles. The average molecular weight is 269 g/mol. The summed E-state index contributed by atoms with van der Waals surface area (Å²) >= 11 is 0. The molecule has 1 aromatic rings. The fourth-order valence-electron chi connectivity index (χ4n) is 2.15. The van der Waals surface area contributed by atoms with E-state index in [2.05, 4.69) is 11.9 Å². The van der Waals surface area contributed by atoms with Crippen molar-refractivity contribution in [3.05, 3.63) is 23.4 Å². The molecule has 2 rings (SSSR count). The molecule has 0 spiro atoms. The maximum Gasteiger partial charge on any atom is 0.433 e. The Morgan fingerprint density at radius 2 is 1.95 bits per heavy atom. The summed E-state index contributed by atoms with van der Waals surface area (Å²) < 4.78 is 38.0. The van der Waals surface area contributed by atoms with Crippen LogP contribution < -0.4 is 4.90 Å². The van der Waals surface area contributed by atoms with E-state index in [1.165, 1.54) is 6.07 Å². The van der Waals surface area contributed by atoms with Crippen LogP contribution in [0.1, 0.15) is 31.0 Å².